The number of methoxy groups -OCH3 is 2. The number of carbonyl (C=O) groups is 1. The SMILES string of the molecule is COc1ccc(NC(=O)CCN(c2cc(C)on2)S(C)(=O)=O)cc1OC. The molecule has 1 N–H and O–H groups in total. The third-order valence-electron chi connectivity index (χ3n) is 3.48. The standard InChI is InChI=1S/C16H21N3O6S/c1-11-9-15(18-25-11)19(26(4,21)22)8-7-16(20)17-12-5-6-13(23-2)14(10-12)24-3/h5-6,9-10H,7-8H2,1-4H3,(H,17,20). The molecule has 1 heterocycles. The maximum absolute atomic E-state index is 12.2. The van der Waals surface area contributed by atoms with E-state index in [1.807, 2.05) is 0 Å². The summed E-state index contributed by atoms with van der Waals surface area (Å²) in [4.78, 5) is 12.2. The summed E-state index contributed by atoms with van der Waals surface area (Å²) >= 11 is 0. The highest BCUT2D eigenvalue weighted by atomic mass is 32.2. The Labute approximate surface area is 151 Å². The molecule has 0 fully saturated rings. The van der Waals surface area contributed by atoms with Crippen LogP contribution in [-0.4, -0.2) is 46.5 Å². The van der Waals surface area contributed by atoms with E-state index in [9.17, 15) is 13.2 Å². The van der Waals surface area contributed by atoms with E-state index in [-0.39, 0.29) is 24.7 Å². The van der Waals surface area contributed by atoms with Gasteiger partial charge in [-0.05, 0) is 19.1 Å². The number of aryl methyl sites for hydroxylation is 1. The van der Waals surface area contributed by atoms with Crippen LogP contribution in [0.5, 0.6) is 11.5 Å². The molecule has 0 aliphatic rings. The van der Waals surface area contributed by atoms with Crippen LogP contribution in [0.25, 0.3) is 0 Å². The number of carbonyl (C=O) groups excluding carboxylic acids is 1. The molecule has 10 heteroatoms. The summed E-state index contributed by atoms with van der Waals surface area (Å²) < 4.78 is 40.1. The molecule has 0 aliphatic heterocycles. The number of hydrogen-bond acceptors (Lipinski definition) is 7. The van der Waals surface area contributed by atoms with E-state index in [0.717, 1.165) is 10.6 Å². The van der Waals surface area contributed by atoms with Gasteiger partial charge in [0.2, 0.25) is 15.9 Å². The summed E-state index contributed by atoms with van der Waals surface area (Å²) in [6.45, 7) is 1.59. The summed E-state index contributed by atoms with van der Waals surface area (Å²) in [6, 6.07) is 6.43. The number of amides is 1. The van der Waals surface area contributed by atoms with E-state index in [1.54, 1.807) is 25.1 Å². The third kappa shape index (κ3) is 4.88. The first-order valence-electron chi connectivity index (χ1n) is 7.67. The number of nitrogens with zero attached hydrogens (tertiary/aromatic N) is 2. The number of nitrogens with one attached hydrogen (secondary N) is 1. The van der Waals surface area contributed by atoms with Crippen molar-refractivity contribution in [3.05, 3.63) is 30.0 Å². The van der Waals surface area contributed by atoms with Crippen LogP contribution < -0.4 is 19.1 Å². The molecule has 0 radical (unpaired) electrons. The van der Waals surface area contributed by atoms with E-state index in [4.69, 9.17) is 14.0 Å². The Bertz CT molecular complexity index is 878. The fraction of sp³-hybridized carbons (Fsp3) is 0.375. The number of rotatable bonds is 8. The maximum Gasteiger partial charge on any atom is 0.233 e. The molecule has 1 aromatic carbocycles. The molecule has 0 atom stereocenters. The molecular formula is C16H21N3O6S. The average Bonchev–Trinajstić information content (AvgIpc) is 2.99. The molecule has 26 heavy (non-hydrogen) atoms. The molecule has 1 aromatic heterocycles. The Hall–Kier alpha value is -2.75. The Morgan fingerprint density at radius 1 is 1.23 bits per heavy atom. The fourth-order valence-corrected chi connectivity index (χ4v) is 3.11. The Kier molecular flexibility index (Phi) is 6.09. The van der Waals surface area contributed by atoms with Crippen molar-refractivity contribution in [1.82, 2.24) is 5.16 Å². The second-order valence-electron chi connectivity index (χ2n) is 5.50. The lowest BCUT2D eigenvalue weighted by molar-refractivity contribution is -0.116. The molecule has 2 aromatic rings. The molecule has 0 bridgehead atoms. The topological polar surface area (TPSA) is 111 Å². The second kappa shape index (κ2) is 8.09. The Morgan fingerprint density at radius 2 is 1.92 bits per heavy atom. The lowest BCUT2D eigenvalue weighted by atomic mass is 10.2. The van der Waals surface area contributed by atoms with E-state index in [1.165, 1.54) is 20.3 Å². The van der Waals surface area contributed by atoms with Gasteiger partial charge in [-0.1, -0.05) is 5.16 Å². The highest BCUT2D eigenvalue weighted by molar-refractivity contribution is 7.92. The Balaban J connectivity index is 2.05. The highest BCUT2D eigenvalue weighted by Gasteiger charge is 2.22. The van der Waals surface area contributed by atoms with Crippen molar-refractivity contribution in [3.8, 4) is 11.5 Å². The van der Waals surface area contributed by atoms with E-state index in [2.05, 4.69) is 10.5 Å². The highest BCUT2D eigenvalue weighted by Crippen LogP contribution is 2.29. The molecule has 0 aliphatic carbocycles. The summed E-state index contributed by atoms with van der Waals surface area (Å²) in [5, 5.41) is 6.39. The van der Waals surface area contributed by atoms with Crippen molar-refractivity contribution in [3.63, 3.8) is 0 Å². The van der Waals surface area contributed by atoms with Crippen molar-refractivity contribution >= 4 is 27.4 Å². The number of anilines is 2. The predicted octanol–water partition coefficient (Wildman–Crippen LogP) is 1.80. The zero-order valence-corrected chi connectivity index (χ0v) is 15.8. The molecular weight excluding hydrogens is 362 g/mol. The minimum atomic E-state index is -3.60. The average molecular weight is 383 g/mol. The van der Waals surface area contributed by atoms with Crippen LogP contribution in [0, 0.1) is 6.92 Å². The lowest BCUT2D eigenvalue weighted by Gasteiger charge is -2.18. The molecule has 9 nitrogen and oxygen atoms in total. The molecule has 0 spiro atoms. The van der Waals surface area contributed by atoms with Gasteiger partial charge < -0.3 is 19.3 Å². The van der Waals surface area contributed by atoms with Gasteiger partial charge in [0.05, 0.1) is 20.5 Å². The minimum absolute atomic E-state index is 0.0622. The third-order valence-corrected chi connectivity index (χ3v) is 4.65. The van der Waals surface area contributed by atoms with Gasteiger partial charge in [0.15, 0.2) is 17.3 Å². The van der Waals surface area contributed by atoms with Crippen molar-refractivity contribution in [2.45, 2.75) is 13.3 Å². The second-order valence-corrected chi connectivity index (χ2v) is 7.41. The van der Waals surface area contributed by atoms with Crippen LogP contribution in [0.3, 0.4) is 0 Å². The molecule has 0 saturated heterocycles. The van der Waals surface area contributed by atoms with E-state index < -0.39 is 10.0 Å². The first-order chi connectivity index (χ1) is 12.2. The molecule has 0 unspecified atom stereocenters. The van der Waals surface area contributed by atoms with Crippen LogP contribution in [0.4, 0.5) is 11.5 Å². The fourth-order valence-electron chi connectivity index (χ4n) is 2.26. The van der Waals surface area contributed by atoms with Crippen LogP contribution in [-0.2, 0) is 14.8 Å². The van der Waals surface area contributed by atoms with Gasteiger partial charge in [0.25, 0.3) is 0 Å². The van der Waals surface area contributed by atoms with Crippen molar-refractivity contribution in [2.75, 3.05) is 36.6 Å². The number of hydrogen-bond donors (Lipinski definition) is 1. The van der Waals surface area contributed by atoms with Gasteiger partial charge in [0.1, 0.15) is 5.76 Å². The zero-order valence-electron chi connectivity index (χ0n) is 15.0. The first kappa shape index (κ1) is 19.6. The largest absolute Gasteiger partial charge is 0.493 e. The van der Waals surface area contributed by atoms with Gasteiger partial charge in [0, 0.05) is 30.8 Å². The monoisotopic (exact) mass is 383 g/mol. The van der Waals surface area contributed by atoms with Crippen LogP contribution >= 0.6 is 0 Å². The Morgan fingerprint density at radius 3 is 2.46 bits per heavy atom. The quantitative estimate of drug-likeness (QED) is 0.740. The number of ether oxygens (including phenoxy) is 2. The minimum Gasteiger partial charge on any atom is -0.493 e. The number of benzene rings is 1. The van der Waals surface area contributed by atoms with Crippen molar-refractivity contribution in [2.24, 2.45) is 0 Å². The normalized spacial score (nSPS) is 11.1. The first-order valence-corrected chi connectivity index (χ1v) is 9.52. The molecule has 142 valence electrons. The molecule has 0 saturated carbocycles. The maximum atomic E-state index is 12.2. The van der Waals surface area contributed by atoms with Crippen molar-refractivity contribution in [1.29, 1.82) is 0 Å². The molecule has 2 rings (SSSR count). The molecule has 1 amide bonds. The van der Waals surface area contributed by atoms with Crippen molar-refractivity contribution < 1.29 is 27.2 Å². The van der Waals surface area contributed by atoms with Crippen LogP contribution in [0.15, 0.2) is 28.8 Å². The van der Waals surface area contributed by atoms with E-state index in [0.29, 0.717) is 22.9 Å². The summed E-state index contributed by atoms with van der Waals surface area (Å²) in [5.41, 5.74) is 0.510. The zero-order chi connectivity index (χ0) is 19.3. The number of aromatic nitrogens is 1. The summed E-state index contributed by atoms with van der Waals surface area (Å²) in [5.74, 6) is 1.27. The number of sulfonamides is 1. The van der Waals surface area contributed by atoms with Gasteiger partial charge in [-0.25, -0.2) is 8.42 Å². The van der Waals surface area contributed by atoms with Crippen LogP contribution in [0.2, 0.25) is 0 Å². The van der Waals surface area contributed by atoms with Gasteiger partial charge in [-0.2, -0.15) is 0 Å². The van der Waals surface area contributed by atoms with Gasteiger partial charge >= 0.3 is 0 Å². The van der Waals surface area contributed by atoms with Gasteiger partial charge in [-0.15, -0.1) is 0 Å². The smallest absolute Gasteiger partial charge is 0.233 e. The predicted molar refractivity (Wildman–Crippen MR) is 96.2 cm³/mol. The van der Waals surface area contributed by atoms with Gasteiger partial charge in [-0.3, -0.25) is 9.10 Å². The lowest BCUT2D eigenvalue weighted by Crippen LogP contribution is -2.33. The summed E-state index contributed by atoms with van der Waals surface area (Å²) in [7, 11) is -0.590. The van der Waals surface area contributed by atoms with E-state index >= 15 is 0 Å². The van der Waals surface area contributed by atoms with Crippen LogP contribution in [0.1, 0.15) is 12.2 Å². The summed E-state index contributed by atoms with van der Waals surface area (Å²) in [6.07, 6.45) is 0.983.